The summed E-state index contributed by atoms with van der Waals surface area (Å²) in [4.78, 5) is 0. The molecule has 1 aliphatic rings. The van der Waals surface area contributed by atoms with Crippen molar-refractivity contribution < 1.29 is 0 Å². The third-order valence-electron chi connectivity index (χ3n) is 2.04. The Balaban J connectivity index is 2.88. The molecule has 2 heteroatoms. The van der Waals surface area contributed by atoms with Crippen LogP contribution < -0.4 is 5.32 Å². The second-order valence-electron chi connectivity index (χ2n) is 2.96. The third kappa shape index (κ3) is 1.47. The van der Waals surface area contributed by atoms with E-state index in [0.29, 0.717) is 0 Å². The van der Waals surface area contributed by atoms with Crippen molar-refractivity contribution in [1.29, 1.82) is 0 Å². The summed E-state index contributed by atoms with van der Waals surface area (Å²) >= 11 is 0. The van der Waals surface area contributed by atoms with Gasteiger partial charge in [-0.3, -0.25) is 0 Å². The molecule has 1 N–H and O–H groups in total. The van der Waals surface area contributed by atoms with Gasteiger partial charge in [0.2, 0.25) is 0 Å². The number of nitrogens with one attached hydrogen (secondary N) is 1. The van der Waals surface area contributed by atoms with E-state index in [1.807, 2.05) is 0 Å². The lowest BCUT2D eigenvalue weighted by Crippen LogP contribution is -2.27. The first-order chi connectivity index (χ1) is 5.70. The Morgan fingerprint density at radius 3 is 2.67 bits per heavy atom. The van der Waals surface area contributed by atoms with Gasteiger partial charge < -0.3 is 5.32 Å². The molecule has 0 amide bonds. The molecule has 0 saturated heterocycles. The first-order valence-corrected chi connectivity index (χ1v) is 4.37. The lowest BCUT2D eigenvalue weighted by atomic mass is 9.66. The van der Waals surface area contributed by atoms with E-state index < -0.39 is 0 Å². The quantitative estimate of drug-likeness (QED) is 0.625. The Hall–Kier alpha value is -0.915. The highest BCUT2D eigenvalue weighted by molar-refractivity contribution is 6.45. The zero-order valence-electron chi connectivity index (χ0n) is 8.07. The van der Waals surface area contributed by atoms with Gasteiger partial charge >= 0.3 is 0 Å². The standard InChI is InChI=1S/C10H15BN/c1-5-6-9(11-4)10-7(2)12-8(10)3/h6,12H,2,5H2,1,3-4H3/b9-6-. The Morgan fingerprint density at radius 2 is 2.33 bits per heavy atom. The molecule has 1 radical (unpaired) electrons. The summed E-state index contributed by atoms with van der Waals surface area (Å²) in [7, 11) is 2.13. The minimum atomic E-state index is 1.05. The molecule has 1 aliphatic heterocycles. The fourth-order valence-electron chi connectivity index (χ4n) is 1.49. The molecule has 0 aliphatic carbocycles. The van der Waals surface area contributed by atoms with Gasteiger partial charge in [0.25, 0.3) is 0 Å². The van der Waals surface area contributed by atoms with Crippen LogP contribution in [0.2, 0.25) is 6.82 Å². The monoisotopic (exact) mass is 160 g/mol. The van der Waals surface area contributed by atoms with Gasteiger partial charge in [0.15, 0.2) is 0 Å². The van der Waals surface area contributed by atoms with E-state index in [1.54, 1.807) is 0 Å². The molecule has 0 unspecified atom stereocenters. The van der Waals surface area contributed by atoms with E-state index in [-0.39, 0.29) is 0 Å². The fraction of sp³-hybridized carbons (Fsp3) is 0.400. The largest absolute Gasteiger partial charge is 0.359 e. The second-order valence-corrected chi connectivity index (χ2v) is 2.96. The lowest BCUT2D eigenvalue weighted by molar-refractivity contribution is 0.882. The number of rotatable bonds is 3. The van der Waals surface area contributed by atoms with Crippen molar-refractivity contribution in [2.45, 2.75) is 27.1 Å². The zero-order chi connectivity index (χ0) is 9.14. The van der Waals surface area contributed by atoms with Gasteiger partial charge in [-0.25, -0.2) is 0 Å². The van der Waals surface area contributed by atoms with Gasteiger partial charge in [-0.05, 0) is 13.3 Å². The first-order valence-electron chi connectivity index (χ1n) is 4.37. The maximum absolute atomic E-state index is 3.91. The van der Waals surface area contributed by atoms with Crippen LogP contribution in [0, 0.1) is 0 Å². The predicted molar refractivity (Wildman–Crippen MR) is 55.0 cm³/mol. The predicted octanol–water partition coefficient (Wildman–Crippen LogP) is 2.42. The van der Waals surface area contributed by atoms with Crippen LogP contribution in [0.5, 0.6) is 0 Å². The molecule has 1 rings (SSSR count). The van der Waals surface area contributed by atoms with Crippen molar-refractivity contribution in [2.75, 3.05) is 0 Å². The molecular weight excluding hydrogens is 145 g/mol. The van der Waals surface area contributed by atoms with Crippen molar-refractivity contribution in [2.24, 2.45) is 0 Å². The average molecular weight is 160 g/mol. The molecule has 0 saturated carbocycles. The molecule has 0 bridgehead atoms. The Bertz CT molecular complexity index is 261. The lowest BCUT2D eigenvalue weighted by Gasteiger charge is -2.28. The van der Waals surface area contributed by atoms with Crippen molar-refractivity contribution in [1.82, 2.24) is 5.32 Å². The molecule has 63 valence electrons. The highest BCUT2D eigenvalue weighted by Gasteiger charge is 2.19. The molecule has 0 aromatic carbocycles. The summed E-state index contributed by atoms with van der Waals surface area (Å²) in [5.74, 6) is 0. The normalized spacial score (nSPS) is 17.2. The summed E-state index contributed by atoms with van der Waals surface area (Å²) in [5.41, 5.74) is 4.88. The molecule has 1 nitrogen and oxygen atoms in total. The molecule has 0 atom stereocenters. The van der Waals surface area contributed by atoms with Crippen LogP contribution in [0.3, 0.4) is 0 Å². The maximum atomic E-state index is 3.91. The number of hydrogen-bond donors (Lipinski definition) is 1. The van der Waals surface area contributed by atoms with Crippen LogP contribution in [0.25, 0.3) is 0 Å². The molecule has 0 aromatic heterocycles. The molecule has 12 heavy (non-hydrogen) atoms. The van der Waals surface area contributed by atoms with Gasteiger partial charge in [0, 0.05) is 17.0 Å². The minimum absolute atomic E-state index is 1.05. The molecule has 0 aromatic rings. The van der Waals surface area contributed by atoms with Crippen LogP contribution in [-0.4, -0.2) is 7.28 Å². The number of allylic oxidation sites excluding steroid dienone is 3. The van der Waals surface area contributed by atoms with Gasteiger partial charge in [-0.15, -0.1) is 0 Å². The molecular formula is C10H15BN. The Labute approximate surface area is 75.5 Å². The number of hydrogen-bond acceptors (Lipinski definition) is 1. The van der Waals surface area contributed by atoms with E-state index in [4.69, 9.17) is 0 Å². The summed E-state index contributed by atoms with van der Waals surface area (Å²) < 4.78 is 0. The fourth-order valence-corrected chi connectivity index (χ4v) is 1.49. The van der Waals surface area contributed by atoms with E-state index in [0.717, 1.165) is 12.1 Å². The SMILES string of the molecule is C=C1NC(C)=C1/C([B]C)=C/CC. The topological polar surface area (TPSA) is 12.0 Å². The highest BCUT2D eigenvalue weighted by Crippen LogP contribution is 2.27. The van der Waals surface area contributed by atoms with Gasteiger partial charge in [0.05, 0.1) is 0 Å². The van der Waals surface area contributed by atoms with Crippen LogP contribution in [0.1, 0.15) is 20.3 Å². The summed E-state index contributed by atoms with van der Waals surface area (Å²) in [5, 5.41) is 3.15. The molecule has 0 fully saturated rings. The Morgan fingerprint density at radius 1 is 1.67 bits per heavy atom. The van der Waals surface area contributed by atoms with Crippen molar-refractivity contribution >= 4 is 7.28 Å². The van der Waals surface area contributed by atoms with Gasteiger partial charge in [-0.1, -0.05) is 31.9 Å². The molecule has 0 spiro atoms. The maximum Gasteiger partial charge on any atom is 0.148 e. The van der Waals surface area contributed by atoms with E-state index >= 15 is 0 Å². The molecule has 1 heterocycles. The van der Waals surface area contributed by atoms with E-state index in [1.165, 1.54) is 16.7 Å². The summed E-state index contributed by atoms with van der Waals surface area (Å²) in [6.07, 6.45) is 3.30. The van der Waals surface area contributed by atoms with Crippen molar-refractivity contribution in [3.05, 3.63) is 35.1 Å². The Kier molecular flexibility index (Phi) is 2.80. The van der Waals surface area contributed by atoms with Crippen LogP contribution in [0.4, 0.5) is 0 Å². The summed E-state index contributed by atoms with van der Waals surface area (Å²) in [6, 6.07) is 0. The van der Waals surface area contributed by atoms with E-state index in [2.05, 4.69) is 45.9 Å². The van der Waals surface area contributed by atoms with Crippen molar-refractivity contribution in [3.8, 4) is 0 Å². The van der Waals surface area contributed by atoms with Crippen LogP contribution in [0.15, 0.2) is 35.1 Å². The van der Waals surface area contributed by atoms with Crippen LogP contribution in [-0.2, 0) is 0 Å². The first kappa shape index (κ1) is 9.18. The van der Waals surface area contributed by atoms with Crippen molar-refractivity contribution in [3.63, 3.8) is 0 Å². The highest BCUT2D eigenvalue weighted by atomic mass is 15.0. The smallest absolute Gasteiger partial charge is 0.148 e. The van der Waals surface area contributed by atoms with E-state index in [9.17, 15) is 0 Å². The zero-order valence-corrected chi connectivity index (χ0v) is 8.07. The third-order valence-corrected chi connectivity index (χ3v) is 2.04. The minimum Gasteiger partial charge on any atom is -0.359 e. The van der Waals surface area contributed by atoms with Gasteiger partial charge in [0.1, 0.15) is 7.28 Å². The summed E-state index contributed by atoms with van der Waals surface area (Å²) in [6.45, 7) is 10.2. The van der Waals surface area contributed by atoms with Crippen LogP contribution >= 0.6 is 0 Å². The second kappa shape index (κ2) is 3.66. The van der Waals surface area contributed by atoms with Gasteiger partial charge in [-0.2, -0.15) is 0 Å². The average Bonchev–Trinajstić information content (AvgIpc) is 2.03.